The van der Waals surface area contributed by atoms with Crippen molar-refractivity contribution in [1.82, 2.24) is 0 Å². The fourth-order valence-electron chi connectivity index (χ4n) is 0.534. The van der Waals surface area contributed by atoms with Crippen molar-refractivity contribution in [3.8, 4) is 0 Å². The third kappa shape index (κ3) is 23.1. The fourth-order valence-corrected chi connectivity index (χ4v) is 0.534. The second-order valence-electron chi connectivity index (χ2n) is 2.17. The van der Waals surface area contributed by atoms with Crippen LogP contribution in [0.5, 0.6) is 0 Å². The van der Waals surface area contributed by atoms with E-state index in [0.717, 1.165) is 0 Å². The van der Waals surface area contributed by atoms with E-state index in [1.807, 2.05) is 18.2 Å². The Morgan fingerprint density at radius 2 is 1.43 bits per heavy atom. The minimum atomic E-state index is -4.64. The molecule has 0 heterocycles. The molecule has 1 rings (SSSR count). The monoisotopic (exact) mass is 248 g/mol. The van der Waals surface area contributed by atoms with Crippen molar-refractivity contribution in [2.75, 3.05) is 0 Å². The van der Waals surface area contributed by atoms with Crippen LogP contribution in [0.3, 0.4) is 0 Å². The maximum absolute atomic E-state index is 8.88. The summed E-state index contributed by atoms with van der Waals surface area (Å²) in [6, 6.07) is 10.3. The van der Waals surface area contributed by atoms with Crippen LogP contribution in [0.4, 0.5) is 0 Å². The van der Waals surface area contributed by atoms with Crippen LogP contribution in [0.2, 0.25) is 0 Å². The molecular weight excluding hydrogens is 234 g/mol. The summed E-state index contributed by atoms with van der Waals surface area (Å²) >= 11 is 0. The molecule has 0 amide bonds. The number of phosphoric acid groups is 1. The van der Waals surface area contributed by atoms with Crippen molar-refractivity contribution in [2.45, 2.75) is 6.92 Å². The van der Waals surface area contributed by atoms with Gasteiger partial charge in [0.05, 0.1) is 0 Å². The fraction of sp³-hybridized carbons (Fsp3) is 0.143. The molecule has 0 fully saturated rings. The molecule has 0 spiro atoms. The number of hydrogen-bond donors (Lipinski definition) is 3. The maximum atomic E-state index is 8.88. The molecule has 5 N–H and O–H groups in total. The topological polar surface area (TPSA) is 109 Å². The molecule has 78 valence electrons. The summed E-state index contributed by atoms with van der Waals surface area (Å²) in [6.45, 7) is 2.08. The van der Waals surface area contributed by atoms with E-state index in [-0.39, 0.29) is 58.3 Å². The van der Waals surface area contributed by atoms with E-state index in [4.69, 9.17) is 19.2 Å². The molecule has 0 saturated heterocycles. The summed E-state index contributed by atoms with van der Waals surface area (Å²) in [4.78, 5) is 21.6. The van der Waals surface area contributed by atoms with E-state index in [1.165, 1.54) is 5.56 Å². The molecule has 0 aliphatic rings. The van der Waals surface area contributed by atoms with Gasteiger partial charge in [-0.25, -0.2) is 4.57 Å². The van der Waals surface area contributed by atoms with E-state index in [0.29, 0.717) is 0 Å². The summed E-state index contributed by atoms with van der Waals surface area (Å²) in [5.74, 6) is 0. The molecule has 1 aromatic rings. The Hall–Kier alpha value is 0.926. The standard InChI is InChI=1S/C7H8.K.H3O4P.H2O.H/c1-7-5-3-2-4-6-7;;1-5(2,3)4;;/h2-6H,1H3;;(H3,1,2,3,4);1H2;/q;+1;;;-1. The Labute approximate surface area is 127 Å². The summed E-state index contributed by atoms with van der Waals surface area (Å²) in [5.41, 5.74) is 1.32. The third-order valence-corrected chi connectivity index (χ3v) is 0.940. The van der Waals surface area contributed by atoms with Gasteiger partial charge in [-0.3, -0.25) is 0 Å². The largest absolute Gasteiger partial charge is 1.00 e. The molecule has 0 aromatic heterocycles. The zero-order valence-corrected chi connectivity index (χ0v) is 12.1. The van der Waals surface area contributed by atoms with Crippen molar-refractivity contribution in [3.63, 3.8) is 0 Å². The van der Waals surface area contributed by atoms with Crippen LogP contribution >= 0.6 is 7.82 Å². The Balaban J connectivity index is -0.0000000701. The van der Waals surface area contributed by atoms with Crippen molar-refractivity contribution in [3.05, 3.63) is 35.9 Å². The van der Waals surface area contributed by atoms with E-state index < -0.39 is 7.82 Å². The number of rotatable bonds is 0. The predicted octanol–water partition coefficient (Wildman–Crippen LogP) is -2.64. The van der Waals surface area contributed by atoms with Crippen molar-refractivity contribution < 1.29 is 77.5 Å². The van der Waals surface area contributed by atoms with Gasteiger partial charge >= 0.3 is 59.2 Å². The van der Waals surface area contributed by atoms with Crippen LogP contribution in [0, 0.1) is 6.92 Å². The van der Waals surface area contributed by atoms with Gasteiger partial charge in [0.1, 0.15) is 0 Å². The molecule has 0 aliphatic carbocycles. The first-order valence-corrected chi connectivity index (χ1v) is 4.76. The smallest absolute Gasteiger partial charge is 1.00 e. The Bertz CT molecular complexity index is 257. The first kappa shape index (κ1) is 20.4. The molecule has 0 saturated carbocycles. The quantitative estimate of drug-likeness (QED) is 0.344. The van der Waals surface area contributed by atoms with E-state index in [1.54, 1.807) is 0 Å². The van der Waals surface area contributed by atoms with Crippen LogP contribution in [0.25, 0.3) is 0 Å². The van der Waals surface area contributed by atoms with Gasteiger partial charge in [0.15, 0.2) is 0 Å². The van der Waals surface area contributed by atoms with Gasteiger partial charge in [-0.15, -0.1) is 0 Å². The average Bonchev–Trinajstić information content (AvgIpc) is 1.85. The molecule has 0 aliphatic heterocycles. The van der Waals surface area contributed by atoms with Gasteiger partial charge < -0.3 is 21.6 Å². The van der Waals surface area contributed by atoms with Crippen LogP contribution in [-0.4, -0.2) is 20.2 Å². The molecule has 1 aromatic carbocycles. The molecule has 7 heteroatoms. The average molecular weight is 248 g/mol. The minimum Gasteiger partial charge on any atom is -1.00 e. The second kappa shape index (κ2) is 10.4. The van der Waals surface area contributed by atoms with Crippen molar-refractivity contribution in [1.29, 1.82) is 0 Å². The molecule has 0 unspecified atom stereocenters. The Morgan fingerprint density at radius 1 is 1.14 bits per heavy atom. The first-order valence-electron chi connectivity index (χ1n) is 3.19. The van der Waals surface area contributed by atoms with Gasteiger partial charge in [-0.2, -0.15) is 0 Å². The first-order chi connectivity index (χ1) is 5.39. The van der Waals surface area contributed by atoms with Crippen LogP contribution in [0.1, 0.15) is 6.99 Å². The maximum Gasteiger partial charge on any atom is 1.00 e. The van der Waals surface area contributed by atoms with Gasteiger partial charge in [0.25, 0.3) is 0 Å². The van der Waals surface area contributed by atoms with E-state index in [2.05, 4.69) is 19.1 Å². The summed E-state index contributed by atoms with van der Waals surface area (Å²) in [5, 5.41) is 0. The van der Waals surface area contributed by atoms with Crippen molar-refractivity contribution >= 4 is 7.82 Å². The SMILES string of the molecule is Cc1ccccc1.O.O=P(O)(O)O.[H-].[K+]. The molecule has 0 radical (unpaired) electrons. The molecule has 5 nitrogen and oxygen atoms in total. The number of hydrogen-bond acceptors (Lipinski definition) is 1. The summed E-state index contributed by atoms with van der Waals surface area (Å²) in [7, 11) is -4.64. The van der Waals surface area contributed by atoms with Gasteiger partial charge in [-0.05, 0) is 6.92 Å². The van der Waals surface area contributed by atoms with Crippen LogP contribution < -0.4 is 51.4 Å². The van der Waals surface area contributed by atoms with E-state index in [9.17, 15) is 0 Å². The number of benzene rings is 1. The zero-order chi connectivity index (χ0) is 9.61. The van der Waals surface area contributed by atoms with Gasteiger partial charge in [0.2, 0.25) is 0 Å². The number of aryl methyl sites for hydroxylation is 1. The Kier molecular flexibility index (Phi) is 15.2. The Morgan fingerprint density at radius 3 is 1.57 bits per heavy atom. The normalized spacial score (nSPS) is 8.57. The van der Waals surface area contributed by atoms with Gasteiger partial charge in [0, 0.05) is 0 Å². The summed E-state index contributed by atoms with van der Waals surface area (Å²) < 4.78 is 8.88. The van der Waals surface area contributed by atoms with Crippen molar-refractivity contribution in [2.24, 2.45) is 0 Å². The second-order valence-corrected chi connectivity index (χ2v) is 3.19. The third-order valence-electron chi connectivity index (χ3n) is 0.940. The minimum absolute atomic E-state index is 0. The molecule has 0 atom stereocenters. The molecular formula is C7H14KO5P. The molecule has 0 bridgehead atoms. The zero-order valence-electron chi connectivity index (χ0n) is 9.08. The van der Waals surface area contributed by atoms with E-state index >= 15 is 0 Å². The summed E-state index contributed by atoms with van der Waals surface area (Å²) in [6.07, 6.45) is 0. The predicted molar refractivity (Wildman–Crippen MR) is 50.2 cm³/mol. The molecule has 14 heavy (non-hydrogen) atoms. The van der Waals surface area contributed by atoms with Crippen LogP contribution in [0.15, 0.2) is 30.3 Å². The van der Waals surface area contributed by atoms with Crippen LogP contribution in [-0.2, 0) is 4.57 Å². The van der Waals surface area contributed by atoms with Gasteiger partial charge in [-0.1, -0.05) is 35.9 Å².